The Morgan fingerprint density at radius 3 is 2.38 bits per heavy atom. The number of nitrogens with one attached hydrogen (secondary N) is 2. The molecule has 0 unspecified atom stereocenters. The average Bonchev–Trinajstić information content (AvgIpc) is 2.69. The first-order chi connectivity index (χ1) is 13.9. The number of hydrogen-bond donors (Lipinski definition) is 2. The van der Waals surface area contributed by atoms with Gasteiger partial charge in [-0.05, 0) is 67.8 Å². The van der Waals surface area contributed by atoms with Crippen LogP contribution in [-0.4, -0.2) is 12.5 Å². The third kappa shape index (κ3) is 6.00. The SMILES string of the molecule is Cc1ccc(NCc2ccc(OCC(=O)Nc3ccc(C)c(Cl)c3)cc2)c(C)c1. The Bertz CT molecular complexity index is 1000. The first kappa shape index (κ1) is 20.7. The number of hydrogen-bond acceptors (Lipinski definition) is 3. The first-order valence-electron chi connectivity index (χ1n) is 9.49. The van der Waals surface area contributed by atoms with Crippen LogP contribution < -0.4 is 15.4 Å². The molecule has 0 saturated carbocycles. The Morgan fingerprint density at radius 2 is 1.69 bits per heavy atom. The van der Waals surface area contributed by atoms with Gasteiger partial charge in [-0.25, -0.2) is 0 Å². The molecule has 0 aliphatic rings. The first-order valence-corrected chi connectivity index (χ1v) is 9.87. The summed E-state index contributed by atoms with van der Waals surface area (Å²) < 4.78 is 5.58. The number of carbonyl (C=O) groups excluding carboxylic acids is 1. The molecule has 5 heteroatoms. The van der Waals surface area contributed by atoms with Crippen molar-refractivity contribution in [2.75, 3.05) is 17.2 Å². The maximum atomic E-state index is 12.1. The predicted octanol–water partition coefficient (Wildman–Crippen LogP) is 5.89. The lowest BCUT2D eigenvalue weighted by Crippen LogP contribution is -2.20. The molecule has 0 aliphatic carbocycles. The van der Waals surface area contributed by atoms with Crippen LogP contribution >= 0.6 is 11.6 Å². The van der Waals surface area contributed by atoms with E-state index >= 15 is 0 Å². The van der Waals surface area contributed by atoms with E-state index in [1.165, 1.54) is 11.1 Å². The lowest BCUT2D eigenvalue weighted by molar-refractivity contribution is -0.118. The van der Waals surface area contributed by atoms with Crippen molar-refractivity contribution in [2.45, 2.75) is 27.3 Å². The van der Waals surface area contributed by atoms with E-state index < -0.39 is 0 Å². The second-order valence-electron chi connectivity index (χ2n) is 7.12. The third-order valence-corrected chi connectivity index (χ3v) is 5.02. The molecule has 0 bridgehead atoms. The number of ether oxygens (including phenoxy) is 1. The van der Waals surface area contributed by atoms with Gasteiger partial charge in [-0.2, -0.15) is 0 Å². The Balaban J connectivity index is 1.48. The summed E-state index contributed by atoms with van der Waals surface area (Å²) in [7, 11) is 0. The van der Waals surface area contributed by atoms with Crippen LogP contribution in [0.4, 0.5) is 11.4 Å². The van der Waals surface area contributed by atoms with Crippen molar-refractivity contribution in [3.05, 3.63) is 87.9 Å². The minimum atomic E-state index is -0.231. The molecule has 0 saturated heterocycles. The fourth-order valence-electron chi connectivity index (χ4n) is 2.93. The average molecular weight is 409 g/mol. The van der Waals surface area contributed by atoms with Crippen molar-refractivity contribution in [1.29, 1.82) is 0 Å². The predicted molar refractivity (Wildman–Crippen MR) is 120 cm³/mol. The molecule has 0 atom stereocenters. The summed E-state index contributed by atoms with van der Waals surface area (Å²) in [6.45, 7) is 6.76. The van der Waals surface area contributed by atoms with E-state index in [4.69, 9.17) is 16.3 Å². The highest BCUT2D eigenvalue weighted by molar-refractivity contribution is 6.31. The van der Waals surface area contributed by atoms with E-state index in [0.717, 1.165) is 23.4 Å². The molecule has 0 aliphatic heterocycles. The Hall–Kier alpha value is -2.98. The van der Waals surface area contributed by atoms with Gasteiger partial charge in [0.25, 0.3) is 5.91 Å². The summed E-state index contributed by atoms with van der Waals surface area (Å²) >= 11 is 6.08. The van der Waals surface area contributed by atoms with Crippen molar-refractivity contribution in [2.24, 2.45) is 0 Å². The number of aryl methyl sites for hydroxylation is 3. The van der Waals surface area contributed by atoms with Gasteiger partial charge in [-0.1, -0.05) is 47.5 Å². The molecule has 0 heterocycles. The van der Waals surface area contributed by atoms with E-state index in [0.29, 0.717) is 16.5 Å². The molecule has 3 aromatic carbocycles. The summed E-state index contributed by atoms with van der Waals surface area (Å²) in [5.41, 5.74) is 6.37. The summed E-state index contributed by atoms with van der Waals surface area (Å²) in [5.74, 6) is 0.419. The lowest BCUT2D eigenvalue weighted by atomic mass is 10.1. The molecule has 0 aromatic heterocycles. The van der Waals surface area contributed by atoms with Crippen LogP contribution in [0.3, 0.4) is 0 Å². The zero-order valence-corrected chi connectivity index (χ0v) is 17.6. The van der Waals surface area contributed by atoms with Crippen LogP contribution in [0.5, 0.6) is 5.75 Å². The van der Waals surface area contributed by atoms with E-state index in [1.807, 2.05) is 43.3 Å². The topological polar surface area (TPSA) is 50.4 Å². The van der Waals surface area contributed by atoms with E-state index in [1.54, 1.807) is 6.07 Å². The monoisotopic (exact) mass is 408 g/mol. The van der Waals surface area contributed by atoms with Gasteiger partial charge in [0.05, 0.1) is 0 Å². The van der Waals surface area contributed by atoms with Crippen molar-refractivity contribution < 1.29 is 9.53 Å². The fraction of sp³-hybridized carbons (Fsp3) is 0.208. The highest BCUT2D eigenvalue weighted by Gasteiger charge is 2.06. The molecular weight excluding hydrogens is 384 g/mol. The standard InChI is InChI=1S/C24H25ClN2O2/c1-16-4-11-23(18(3)12-16)26-14-19-6-9-21(10-7-19)29-15-24(28)27-20-8-5-17(2)22(25)13-20/h4-13,26H,14-15H2,1-3H3,(H,27,28). The third-order valence-electron chi connectivity index (χ3n) is 4.61. The smallest absolute Gasteiger partial charge is 0.262 e. The van der Waals surface area contributed by atoms with Crippen LogP contribution in [0.15, 0.2) is 60.7 Å². The van der Waals surface area contributed by atoms with Gasteiger partial charge in [0.1, 0.15) is 5.75 Å². The Labute approximate surface area is 176 Å². The van der Waals surface area contributed by atoms with Crippen LogP contribution in [0, 0.1) is 20.8 Å². The minimum Gasteiger partial charge on any atom is -0.484 e. The molecule has 4 nitrogen and oxygen atoms in total. The van der Waals surface area contributed by atoms with Gasteiger partial charge in [0.15, 0.2) is 6.61 Å². The summed E-state index contributed by atoms with van der Waals surface area (Å²) in [6, 6.07) is 19.5. The van der Waals surface area contributed by atoms with Crippen LogP contribution in [0.25, 0.3) is 0 Å². The zero-order valence-electron chi connectivity index (χ0n) is 16.9. The Kier molecular flexibility index (Phi) is 6.78. The number of carbonyl (C=O) groups is 1. The maximum Gasteiger partial charge on any atom is 0.262 e. The molecule has 3 aromatic rings. The maximum absolute atomic E-state index is 12.1. The van der Waals surface area contributed by atoms with Gasteiger partial charge in [-0.15, -0.1) is 0 Å². The zero-order chi connectivity index (χ0) is 20.8. The minimum absolute atomic E-state index is 0.0638. The van der Waals surface area contributed by atoms with E-state index in [2.05, 4.69) is 42.7 Å². The number of halogens is 1. The number of amides is 1. The van der Waals surface area contributed by atoms with Crippen LogP contribution in [-0.2, 0) is 11.3 Å². The highest BCUT2D eigenvalue weighted by atomic mass is 35.5. The normalized spacial score (nSPS) is 10.5. The lowest BCUT2D eigenvalue weighted by Gasteiger charge is -2.11. The Morgan fingerprint density at radius 1 is 0.931 bits per heavy atom. The van der Waals surface area contributed by atoms with Crippen molar-refractivity contribution in [1.82, 2.24) is 0 Å². The summed E-state index contributed by atoms with van der Waals surface area (Å²) in [5, 5.41) is 6.85. The van der Waals surface area contributed by atoms with Gasteiger partial charge in [-0.3, -0.25) is 4.79 Å². The molecule has 3 rings (SSSR count). The molecule has 29 heavy (non-hydrogen) atoms. The fourth-order valence-corrected chi connectivity index (χ4v) is 3.11. The number of rotatable bonds is 7. The number of anilines is 2. The summed E-state index contributed by atoms with van der Waals surface area (Å²) in [4.78, 5) is 12.1. The van der Waals surface area contributed by atoms with Crippen LogP contribution in [0.1, 0.15) is 22.3 Å². The largest absolute Gasteiger partial charge is 0.484 e. The molecule has 1 amide bonds. The second-order valence-corrected chi connectivity index (χ2v) is 7.52. The summed E-state index contributed by atoms with van der Waals surface area (Å²) in [6.07, 6.45) is 0. The van der Waals surface area contributed by atoms with E-state index in [9.17, 15) is 4.79 Å². The highest BCUT2D eigenvalue weighted by Crippen LogP contribution is 2.20. The van der Waals surface area contributed by atoms with Crippen LogP contribution in [0.2, 0.25) is 5.02 Å². The quantitative estimate of drug-likeness (QED) is 0.512. The van der Waals surface area contributed by atoms with Crippen molar-refractivity contribution in [3.63, 3.8) is 0 Å². The second kappa shape index (κ2) is 9.48. The molecule has 0 fully saturated rings. The molecular formula is C24H25ClN2O2. The molecule has 0 spiro atoms. The van der Waals surface area contributed by atoms with Crippen molar-refractivity contribution >= 4 is 28.9 Å². The van der Waals surface area contributed by atoms with Gasteiger partial charge in [0, 0.05) is 22.9 Å². The molecule has 2 N–H and O–H groups in total. The van der Waals surface area contributed by atoms with Crippen molar-refractivity contribution in [3.8, 4) is 5.75 Å². The van der Waals surface area contributed by atoms with E-state index in [-0.39, 0.29) is 12.5 Å². The molecule has 150 valence electrons. The van der Waals surface area contributed by atoms with Gasteiger partial charge < -0.3 is 15.4 Å². The molecule has 0 radical (unpaired) electrons. The van der Waals surface area contributed by atoms with Gasteiger partial charge >= 0.3 is 0 Å². The van der Waals surface area contributed by atoms with Gasteiger partial charge in [0.2, 0.25) is 0 Å². The number of benzene rings is 3.